The van der Waals surface area contributed by atoms with Crippen LogP contribution in [0.2, 0.25) is 0 Å². The molecule has 1 fully saturated rings. The number of benzene rings is 3. The van der Waals surface area contributed by atoms with Gasteiger partial charge in [0, 0.05) is 39.8 Å². The van der Waals surface area contributed by atoms with Crippen LogP contribution >= 0.6 is 35.9 Å². The van der Waals surface area contributed by atoms with Gasteiger partial charge in [-0.05, 0) is 6.07 Å². The summed E-state index contributed by atoms with van der Waals surface area (Å²) in [6, 6.07) is 22.0. The molecule has 1 aromatic heterocycles. The highest BCUT2D eigenvalue weighted by Crippen LogP contribution is 2.45. The zero-order chi connectivity index (χ0) is 27.4. The lowest BCUT2D eigenvalue weighted by Crippen LogP contribution is -2.52. The predicted molar refractivity (Wildman–Crippen MR) is 160 cm³/mol. The molecule has 2 heterocycles. The standard InChI is InChI=1S/C28H25N5O4S2.ClH/c29-33(25-20-11-5-4-10-19(20)16-30-31-25)26(36)22-17-39-27(21-12-6-7-13-23(21)34)32(22)24(35)14-15-38-28(37)18-8-2-1-3-9-18;/h1-13,16,22,27,34H,14-15,17,29H2;1H/t22-,27+;/m0./s1. The van der Waals surface area contributed by atoms with Crippen LogP contribution in [0.15, 0.2) is 85.1 Å². The topological polar surface area (TPSA) is 130 Å². The number of phenols is 1. The summed E-state index contributed by atoms with van der Waals surface area (Å²) in [5.41, 5.74) is 1.08. The van der Waals surface area contributed by atoms with Crippen molar-refractivity contribution in [3.8, 4) is 5.75 Å². The van der Waals surface area contributed by atoms with E-state index in [1.807, 2.05) is 24.3 Å². The molecule has 0 spiro atoms. The minimum Gasteiger partial charge on any atom is -0.508 e. The fourth-order valence-corrected chi connectivity index (χ4v) is 6.65. The first kappa shape index (κ1) is 29.3. The minimum absolute atomic E-state index is 0. The van der Waals surface area contributed by atoms with E-state index in [2.05, 4.69) is 10.2 Å². The van der Waals surface area contributed by atoms with Crippen molar-refractivity contribution in [2.75, 3.05) is 16.5 Å². The number of fused-ring (bicyclic) bond motifs is 1. The lowest BCUT2D eigenvalue weighted by Gasteiger charge is -2.31. The highest BCUT2D eigenvalue weighted by Gasteiger charge is 2.44. The number of anilines is 1. The molecule has 0 unspecified atom stereocenters. The Bertz CT molecular complexity index is 1520. The molecule has 0 radical (unpaired) electrons. The summed E-state index contributed by atoms with van der Waals surface area (Å²) in [6.07, 6.45) is 1.61. The van der Waals surface area contributed by atoms with Gasteiger partial charge in [-0.1, -0.05) is 84.6 Å². The van der Waals surface area contributed by atoms with E-state index >= 15 is 0 Å². The monoisotopic (exact) mass is 595 g/mol. The summed E-state index contributed by atoms with van der Waals surface area (Å²) in [4.78, 5) is 41.3. The molecule has 2 amide bonds. The molecule has 1 aliphatic heterocycles. The number of thioether (sulfide) groups is 2. The lowest BCUT2D eigenvalue weighted by atomic mass is 10.1. The Balaban J connectivity index is 0.00000370. The molecule has 3 aromatic carbocycles. The van der Waals surface area contributed by atoms with Gasteiger partial charge in [-0.3, -0.25) is 14.4 Å². The van der Waals surface area contributed by atoms with Gasteiger partial charge in [0.2, 0.25) is 11.0 Å². The van der Waals surface area contributed by atoms with Crippen molar-refractivity contribution < 1.29 is 19.5 Å². The van der Waals surface area contributed by atoms with E-state index in [1.54, 1.807) is 60.8 Å². The summed E-state index contributed by atoms with van der Waals surface area (Å²) in [5, 5.41) is 20.2. The molecule has 0 saturated carbocycles. The van der Waals surface area contributed by atoms with Gasteiger partial charge in [0.15, 0.2) is 5.82 Å². The largest absolute Gasteiger partial charge is 0.508 e. The normalized spacial score (nSPS) is 16.4. The Morgan fingerprint density at radius 1 is 1.02 bits per heavy atom. The maximum atomic E-state index is 13.7. The number of halogens is 1. The van der Waals surface area contributed by atoms with E-state index in [0.717, 1.165) is 22.2 Å². The number of para-hydroxylation sites is 1. The number of hydrazine groups is 1. The third-order valence-corrected chi connectivity index (χ3v) is 8.56. The van der Waals surface area contributed by atoms with Crippen LogP contribution in [0.25, 0.3) is 10.8 Å². The van der Waals surface area contributed by atoms with Gasteiger partial charge in [-0.25, -0.2) is 10.9 Å². The van der Waals surface area contributed by atoms with Crippen LogP contribution in [0.3, 0.4) is 0 Å². The maximum Gasteiger partial charge on any atom is 0.266 e. The van der Waals surface area contributed by atoms with Crippen molar-refractivity contribution in [1.29, 1.82) is 0 Å². The molecular formula is C28H26ClN5O4S2. The number of phenolic OH excluding ortho intramolecular Hbond substituents is 1. The van der Waals surface area contributed by atoms with E-state index in [1.165, 1.54) is 16.7 Å². The van der Waals surface area contributed by atoms with Crippen molar-refractivity contribution in [3.63, 3.8) is 0 Å². The van der Waals surface area contributed by atoms with Crippen molar-refractivity contribution >= 4 is 69.5 Å². The number of aromatic nitrogens is 2. The number of aromatic hydroxyl groups is 1. The first-order chi connectivity index (χ1) is 19.0. The second-order valence-electron chi connectivity index (χ2n) is 8.78. The van der Waals surface area contributed by atoms with Crippen molar-refractivity contribution in [3.05, 3.63) is 96.2 Å². The van der Waals surface area contributed by atoms with E-state index in [0.29, 0.717) is 16.5 Å². The number of nitrogens with two attached hydrogens (primary N) is 1. The number of carbonyl (C=O) groups excluding carboxylic acids is 3. The van der Waals surface area contributed by atoms with Gasteiger partial charge in [0.25, 0.3) is 5.91 Å². The molecule has 206 valence electrons. The molecule has 1 aliphatic rings. The van der Waals surface area contributed by atoms with Gasteiger partial charge in [0.1, 0.15) is 17.2 Å². The third kappa shape index (κ3) is 6.07. The number of rotatable bonds is 7. The van der Waals surface area contributed by atoms with Gasteiger partial charge in [-0.15, -0.1) is 29.3 Å². The fourth-order valence-electron chi connectivity index (χ4n) is 4.41. The van der Waals surface area contributed by atoms with Gasteiger partial charge in [-0.2, -0.15) is 5.10 Å². The summed E-state index contributed by atoms with van der Waals surface area (Å²) >= 11 is 2.42. The summed E-state index contributed by atoms with van der Waals surface area (Å²) in [6.45, 7) is 0. The van der Waals surface area contributed by atoms with E-state index < -0.39 is 17.3 Å². The zero-order valence-electron chi connectivity index (χ0n) is 21.1. The average molecular weight is 596 g/mol. The van der Waals surface area contributed by atoms with E-state index in [9.17, 15) is 19.5 Å². The van der Waals surface area contributed by atoms with Crippen LogP contribution in [0.1, 0.15) is 27.7 Å². The maximum absolute atomic E-state index is 13.7. The Morgan fingerprint density at radius 2 is 1.73 bits per heavy atom. The number of hydrogen-bond acceptors (Lipinski definition) is 9. The van der Waals surface area contributed by atoms with Crippen LogP contribution < -0.4 is 10.9 Å². The van der Waals surface area contributed by atoms with Crippen LogP contribution in [-0.2, 0) is 9.59 Å². The second-order valence-corrected chi connectivity index (χ2v) is 11.0. The first-order valence-electron chi connectivity index (χ1n) is 12.2. The van der Waals surface area contributed by atoms with Crippen LogP contribution in [0, 0.1) is 0 Å². The molecule has 0 bridgehead atoms. The molecule has 3 N–H and O–H groups in total. The van der Waals surface area contributed by atoms with Gasteiger partial charge >= 0.3 is 0 Å². The quantitative estimate of drug-likeness (QED) is 0.179. The molecule has 5 rings (SSSR count). The number of nitrogens with zero attached hydrogens (tertiary/aromatic N) is 4. The Kier molecular flexibility index (Phi) is 9.64. The lowest BCUT2D eigenvalue weighted by molar-refractivity contribution is -0.138. The molecule has 2 atom stereocenters. The first-order valence-corrected chi connectivity index (χ1v) is 14.2. The number of carbonyl (C=O) groups is 3. The summed E-state index contributed by atoms with van der Waals surface area (Å²) < 4.78 is 0. The third-order valence-electron chi connectivity index (χ3n) is 6.35. The highest BCUT2D eigenvalue weighted by molar-refractivity contribution is 8.14. The smallest absolute Gasteiger partial charge is 0.266 e. The molecule has 1 saturated heterocycles. The molecular weight excluding hydrogens is 570 g/mol. The Hall–Kier alpha value is -3.64. The molecule has 4 aromatic rings. The Morgan fingerprint density at radius 3 is 2.50 bits per heavy atom. The molecule has 12 heteroatoms. The fraction of sp³-hybridized carbons (Fsp3) is 0.179. The van der Waals surface area contributed by atoms with E-state index in [4.69, 9.17) is 5.84 Å². The minimum atomic E-state index is -0.910. The average Bonchev–Trinajstić information content (AvgIpc) is 3.41. The molecule has 9 nitrogen and oxygen atoms in total. The van der Waals surface area contributed by atoms with Gasteiger partial charge < -0.3 is 10.0 Å². The van der Waals surface area contributed by atoms with E-state index in [-0.39, 0.29) is 52.9 Å². The highest BCUT2D eigenvalue weighted by atomic mass is 35.5. The van der Waals surface area contributed by atoms with Crippen molar-refractivity contribution in [2.45, 2.75) is 17.8 Å². The Labute approximate surface area is 245 Å². The van der Waals surface area contributed by atoms with Crippen LogP contribution in [-0.4, -0.2) is 54.7 Å². The summed E-state index contributed by atoms with van der Waals surface area (Å²) in [5.74, 6) is 6.18. The number of hydrogen-bond donors (Lipinski definition) is 2. The SMILES string of the molecule is Cl.NN(C(=O)[C@@H]1CS[C@H](c2ccccc2O)N1C(=O)CCSC(=O)c1ccccc1)c1nncc2ccccc12. The molecule has 40 heavy (non-hydrogen) atoms. The summed E-state index contributed by atoms with van der Waals surface area (Å²) in [7, 11) is 0. The predicted octanol–water partition coefficient (Wildman–Crippen LogP) is 4.57. The van der Waals surface area contributed by atoms with Crippen LogP contribution in [0.4, 0.5) is 5.82 Å². The zero-order valence-corrected chi connectivity index (χ0v) is 23.6. The van der Waals surface area contributed by atoms with Crippen molar-refractivity contribution in [2.24, 2.45) is 5.84 Å². The second kappa shape index (κ2) is 13.1. The van der Waals surface area contributed by atoms with Crippen molar-refractivity contribution in [1.82, 2.24) is 15.1 Å². The van der Waals surface area contributed by atoms with Crippen LogP contribution in [0.5, 0.6) is 5.75 Å². The number of amides is 2. The van der Waals surface area contributed by atoms with Gasteiger partial charge in [0.05, 0.1) is 6.20 Å². The molecule has 0 aliphatic carbocycles.